The first-order valence-corrected chi connectivity index (χ1v) is 7.91. The molecule has 1 amide bonds. The smallest absolute Gasteiger partial charge is 0.272 e. The van der Waals surface area contributed by atoms with Gasteiger partial charge >= 0.3 is 0 Å². The molecule has 0 atom stereocenters. The average Bonchev–Trinajstić information content (AvgIpc) is 3.19. The number of aromatic nitrogens is 2. The first-order chi connectivity index (χ1) is 11.1. The predicted molar refractivity (Wildman–Crippen MR) is 87.1 cm³/mol. The Morgan fingerprint density at radius 3 is 2.78 bits per heavy atom. The number of rotatable bonds is 4. The Labute approximate surface area is 134 Å². The highest BCUT2D eigenvalue weighted by molar-refractivity contribution is 5.93. The number of carbonyl (C=O) groups excluding carboxylic acids is 1. The van der Waals surface area contributed by atoms with Crippen LogP contribution in [-0.4, -0.2) is 26.6 Å². The summed E-state index contributed by atoms with van der Waals surface area (Å²) in [7, 11) is 1.81. The number of furan rings is 1. The molecule has 3 aromatic rings. The zero-order valence-electron chi connectivity index (χ0n) is 13.3. The number of carbonyl (C=O) groups is 1. The fourth-order valence-corrected chi connectivity index (χ4v) is 2.99. The Hall–Kier alpha value is -2.56. The largest absolute Gasteiger partial charge is 0.459 e. The van der Waals surface area contributed by atoms with Gasteiger partial charge in [-0.1, -0.05) is 18.2 Å². The Bertz CT molecular complexity index is 840. The third kappa shape index (κ3) is 2.63. The van der Waals surface area contributed by atoms with Crippen molar-refractivity contribution in [3.05, 3.63) is 53.5 Å². The van der Waals surface area contributed by atoms with Crippen molar-refractivity contribution >= 4 is 16.9 Å². The fraction of sp³-hybridized carbons (Fsp3) is 0.333. The lowest BCUT2D eigenvalue weighted by Crippen LogP contribution is -2.33. The molecule has 4 rings (SSSR count). The van der Waals surface area contributed by atoms with E-state index in [1.807, 2.05) is 55.3 Å². The molecule has 2 aromatic heterocycles. The van der Waals surface area contributed by atoms with E-state index in [0.717, 1.165) is 35.3 Å². The fourth-order valence-electron chi connectivity index (χ4n) is 2.99. The molecule has 0 aliphatic heterocycles. The Morgan fingerprint density at radius 1 is 1.35 bits per heavy atom. The normalized spacial score (nSPS) is 14.3. The van der Waals surface area contributed by atoms with Gasteiger partial charge in [0, 0.05) is 18.5 Å². The molecule has 0 saturated heterocycles. The van der Waals surface area contributed by atoms with Gasteiger partial charge in [0.15, 0.2) is 0 Å². The van der Waals surface area contributed by atoms with E-state index >= 15 is 0 Å². The van der Waals surface area contributed by atoms with Crippen molar-refractivity contribution in [1.82, 2.24) is 14.7 Å². The molecule has 118 valence electrons. The van der Waals surface area contributed by atoms with Crippen molar-refractivity contribution < 1.29 is 9.21 Å². The molecule has 0 bridgehead atoms. The molecule has 0 N–H and O–H groups in total. The van der Waals surface area contributed by atoms with Gasteiger partial charge in [0.1, 0.15) is 17.0 Å². The minimum Gasteiger partial charge on any atom is -0.459 e. The van der Waals surface area contributed by atoms with Gasteiger partial charge in [0.25, 0.3) is 5.91 Å². The van der Waals surface area contributed by atoms with Crippen LogP contribution in [0.5, 0.6) is 0 Å². The van der Waals surface area contributed by atoms with Crippen LogP contribution in [0.2, 0.25) is 0 Å². The molecule has 5 nitrogen and oxygen atoms in total. The molecular formula is C18H19N3O2. The first-order valence-electron chi connectivity index (χ1n) is 7.91. The highest BCUT2D eigenvalue weighted by atomic mass is 16.3. The number of amides is 1. The Balaban J connectivity index is 1.63. The monoisotopic (exact) mass is 309 g/mol. The van der Waals surface area contributed by atoms with Crippen LogP contribution < -0.4 is 0 Å². The van der Waals surface area contributed by atoms with E-state index in [1.54, 1.807) is 4.68 Å². The van der Waals surface area contributed by atoms with Crippen LogP contribution >= 0.6 is 0 Å². The Morgan fingerprint density at radius 2 is 2.13 bits per heavy atom. The van der Waals surface area contributed by atoms with Crippen LogP contribution in [-0.2, 0) is 13.6 Å². The minimum absolute atomic E-state index is 0.0241. The molecule has 0 radical (unpaired) electrons. The highest BCUT2D eigenvalue weighted by Crippen LogP contribution is 2.31. The zero-order chi connectivity index (χ0) is 16.0. The lowest BCUT2D eigenvalue weighted by atomic mass is 10.2. The first kappa shape index (κ1) is 14.1. The van der Waals surface area contributed by atoms with E-state index in [2.05, 4.69) is 5.10 Å². The summed E-state index contributed by atoms with van der Waals surface area (Å²) in [5.74, 6) is 0.849. The van der Waals surface area contributed by atoms with Gasteiger partial charge in [-0.15, -0.1) is 0 Å². The average molecular weight is 309 g/mol. The summed E-state index contributed by atoms with van der Waals surface area (Å²) in [4.78, 5) is 14.8. The minimum atomic E-state index is 0.0241. The van der Waals surface area contributed by atoms with E-state index in [4.69, 9.17) is 4.42 Å². The van der Waals surface area contributed by atoms with E-state index < -0.39 is 0 Å². The molecule has 1 fully saturated rings. The lowest BCUT2D eigenvalue weighted by Gasteiger charge is -2.21. The number of hydrogen-bond acceptors (Lipinski definition) is 3. The molecule has 2 heterocycles. The van der Waals surface area contributed by atoms with E-state index in [1.165, 1.54) is 0 Å². The molecule has 0 spiro atoms. The molecular weight excluding hydrogens is 290 g/mol. The summed E-state index contributed by atoms with van der Waals surface area (Å²) in [5.41, 5.74) is 2.35. The summed E-state index contributed by atoms with van der Waals surface area (Å²) in [6.45, 7) is 2.40. The van der Waals surface area contributed by atoms with Crippen LogP contribution in [0.1, 0.15) is 34.8 Å². The van der Waals surface area contributed by atoms with Crippen LogP contribution in [0.3, 0.4) is 0 Å². The standard InChI is InChI=1S/C18H19N3O2/c1-12-9-16(20(2)19-12)18(22)21(14-7-8-14)11-15-10-13-5-3-4-6-17(13)23-15/h3-6,9-10,14H,7-8,11H2,1-2H3. The summed E-state index contributed by atoms with van der Waals surface area (Å²) in [6.07, 6.45) is 2.12. The van der Waals surface area contributed by atoms with E-state index in [-0.39, 0.29) is 5.91 Å². The summed E-state index contributed by atoms with van der Waals surface area (Å²) in [5, 5.41) is 5.35. The third-order valence-corrected chi connectivity index (χ3v) is 4.27. The van der Waals surface area contributed by atoms with Crippen molar-refractivity contribution in [2.75, 3.05) is 0 Å². The number of hydrogen-bond donors (Lipinski definition) is 0. The number of nitrogens with zero attached hydrogens (tertiary/aromatic N) is 3. The molecule has 23 heavy (non-hydrogen) atoms. The van der Waals surface area contributed by atoms with Crippen LogP contribution in [0, 0.1) is 6.92 Å². The summed E-state index contributed by atoms with van der Waals surface area (Å²) < 4.78 is 7.54. The van der Waals surface area contributed by atoms with Crippen molar-refractivity contribution in [2.24, 2.45) is 7.05 Å². The maximum absolute atomic E-state index is 12.9. The second kappa shape index (κ2) is 5.26. The topological polar surface area (TPSA) is 51.3 Å². The molecule has 1 saturated carbocycles. The zero-order valence-corrected chi connectivity index (χ0v) is 13.3. The van der Waals surface area contributed by atoms with Gasteiger partial charge in [0.05, 0.1) is 12.2 Å². The molecule has 0 unspecified atom stereocenters. The predicted octanol–water partition coefficient (Wildman–Crippen LogP) is 3.28. The van der Waals surface area contributed by atoms with Crippen LogP contribution in [0.25, 0.3) is 11.0 Å². The van der Waals surface area contributed by atoms with Gasteiger partial charge in [-0.25, -0.2) is 0 Å². The van der Waals surface area contributed by atoms with Gasteiger partial charge in [0.2, 0.25) is 0 Å². The SMILES string of the molecule is Cc1cc(C(=O)N(Cc2cc3ccccc3o2)C2CC2)n(C)n1. The number of benzene rings is 1. The quantitative estimate of drug-likeness (QED) is 0.743. The van der Waals surface area contributed by atoms with Crippen molar-refractivity contribution in [3.8, 4) is 0 Å². The molecule has 5 heteroatoms. The van der Waals surface area contributed by atoms with E-state index in [9.17, 15) is 4.79 Å². The maximum Gasteiger partial charge on any atom is 0.272 e. The second-order valence-corrected chi connectivity index (χ2v) is 6.21. The highest BCUT2D eigenvalue weighted by Gasteiger charge is 2.34. The number of para-hydroxylation sites is 1. The molecule has 1 aliphatic carbocycles. The Kier molecular flexibility index (Phi) is 3.22. The van der Waals surface area contributed by atoms with Crippen LogP contribution in [0.15, 0.2) is 40.8 Å². The maximum atomic E-state index is 12.9. The molecule has 1 aromatic carbocycles. The van der Waals surface area contributed by atoms with Crippen molar-refractivity contribution in [2.45, 2.75) is 32.4 Å². The van der Waals surface area contributed by atoms with Gasteiger partial charge in [-0.2, -0.15) is 5.10 Å². The molecule has 1 aliphatic rings. The van der Waals surface area contributed by atoms with Gasteiger partial charge < -0.3 is 9.32 Å². The van der Waals surface area contributed by atoms with Gasteiger partial charge in [-0.05, 0) is 38.0 Å². The van der Waals surface area contributed by atoms with E-state index in [0.29, 0.717) is 18.3 Å². The summed E-state index contributed by atoms with van der Waals surface area (Å²) in [6, 6.07) is 12.1. The summed E-state index contributed by atoms with van der Waals surface area (Å²) >= 11 is 0. The van der Waals surface area contributed by atoms with Crippen molar-refractivity contribution in [3.63, 3.8) is 0 Å². The second-order valence-electron chi connectivity index (χ2n) is 6.21. The van der Waals surface area contributed by atoms with Crippen molar-refractivity contribution in [1.29, 1.82) is 0 Å². The number of aryl methyl sites for hydroxylation is 2. The number of fused-ring (bicyclic) bond motifs is 1. The lowest BCUT2D eigenvalue weighted by molar-refractivity contribution is 0.0707. The third-order valence-electron chi connectivity index (χ3n) is 4.27. The van der Waals surface area contributed by atoms with Crippen LogP contribution in [0.4, 0.5) is 0 Å². The van der Waals surface area contributed by atoms with Gasteiger partial charge in [-0.3, -0.25) is 9.48 Å².